The minimum atomic E-state index is -0.579. The summed E-state index contributed by atoms with van der Waals surface area (Å²) in [5.41, 5.74) is 8.77. The zero-order valence-electron chi connectivity index (χ0n) is 20.0. The number of allylic oxidation sites excluding steroid dienone is 1. The minimum Gasteiger partial charge on any atom is -0.482 e. The lowest BCUT2D eigenvalue weighted by Crippen LogP contribution is -2.22. The van der Waals surface area contributed by atoms with Crippen LogP contribution in [0.1, 0.15) is 43.4 Å². The molecule has 1 heterocycles. The number of carbonyl (C=O) groups excluding carboxylic acids is 1. The molecule has 36 heavy (non-hydrogen) atoms. The zero-order chi connectivity index (χ0) is 26.0. The Morgan fingerprint density at radius 2 is 1.69 bits per heavy atom. The highest BCUT2D eigenvalue weighted by atomic mass is 35.5. The molecule has 0 amide bonds. The van der Waals surface area contributed by atoms with E-state index in [1.165, 1.54) is 0 Å². The Kier molecular flexibility index (Phi) is 7.16. The van der Waals surface area contributed by atoms with Crippen molar-refractivity contribution in [1.82, 2.24) is 0 Å². The molecule has 2 N–H and O–H groups in total. The first-order valence-corrected chi connectivity index (χ1v) is 11.9. The number of carbonyl (C=O) groups is 1. The van der Waals surface area contributed by atoms with Gasteiger partial charge in [0.05, 0.1) is 5.92 Å². The number of ether oxygens (including phenoxy) is 3. The van der Waals surface area contributed by atoms with E-state index in [1.807, 2.05) is 24.3 Å². The molecule has 4 rings (SSSR count). The smallest absolute Gasteiger partial charge is 0.349 e. The molecule has 0 fully saturated rings. The lowest BCUT2D eigenvalue weighted by Gasteiger charge is -2.27. The Morgan fingerprint density at radius 1 is 1.03 bits per heavy atom. The minimum absolute atomic E-state index is 0.0243. The number of hydrogen-bond donors (Lipinski definition) is 1. The number of rotatable bonds is 5. The molecule has 0 aromatic heterocycles. The monoisotopic (exact) mass is 522 g/mol. The molecule has 0 radical (unpaired) electrons. The van der Waals surface area contributed by atoms with E-state index in [4.69, 9.17) is 43.1 Å². The molecule has 1 atom stereocenters. The molecular weight excluding hydrogens is 499 g/mol. The molecule has 0 bridgehead atoms. The first-order chi connectivity index (χ1) is 17.1. The maximum atomic E-state index is 12.4. The van der Waals surface area contributed by atoms with E-state index in [-0.39, 0.29) is 29.2 Å². The van der Waals surface area contributed by atoms with Gasteiger partial charge < -0.3 is 19.9 Å². The van der Waals surface area contributed by atoms with E-state index in [9.17, 15) is 10.1 Å². The average molecular weight is 523 g/mol. The van der Waals surface area contributed by atoms with Crippen LogP contribution in [0.3, 0.4) is 0 Å². The second kappa shape index (κ2) is 10.1. The van der Waals surface area contributed by atoms with Gasteiger partial charge >= 0.3 is 5.97 Å². The zero-order valence-corrected chi connectivity index (χ0v) is 21.5. The quantitative estimate of drug-likeness (QED) is 0.303. The van der Waals surface area contributed by atoms with Crippen LogP contribution in [0, 0.1) is 11.3 Å². The molecule has 0 spiro atoms. The fourth-order valence-corrected chi connectivity index (χ4v) is 4.43. The summed E-state index contributed by atoms with van der Waals surface area (Å²) in [6, 6.07) is 19.6. The summed E-state index contributed by atoms with van der Waals surface area (Å²) >= 11 is 12.5. The third-order valence-corrected chi connectivity index (χ3v) is 6.34. The van der Waals surface area contributed by atoms with Crippen LogP contribution in [0.5, 0.6) is 17.2 Å². The van der Waals surface area contributed by atoms with Gasteiger partial charge in [0.1, 0.15) is 28.9 Å². The van der Waals surface area contributed by atoms with Crippen LogP contribution in [0.2, 0.25) is 10.0 Å². The predicted molar refractivity (Wildman–Crippen MR) is 138 cm³/mol. The number of nitriles is 1. The van der Waals surface area contributed by atoms with Crippen molar-refractivity contribution in [2.24, 2.45) is 5.73 Å². The second-order valence-electron chi connectivity index (χ2n) is 9.33. The van der Waals surface area contributed by atoms with Crippen LogP contribution in [0.4, 0.5) is 0 Å². The molecule has 6 nitrogen and oxygen atoms in total. The summed E-state index contributed by atoms with van der Waals surface area (Å²) in [5.74, 6) is -0.0205. The Balaban J connectivity index is 1.51. The molecule has 3 aromatic carbocycles. The summed E-state index contributed by atoms with van der Waals surface area (Å²) < 4.78 is 16.7. The first-order valence-electron chi connectivity index (χ1n) is 11.2. The Hall–Kier alpha value is -3.66. The SMILES string of the molecule is CC(C)(C)c1ccc(OCC(=O)Oc2ccc3c(c2)OC(N)=C(C#N)C3c2ccc(Cl)cc2Cl)cc1. The van der Waals surface area contributed by atoms with E-state index >= 15 is 0 Å². The van der Waals surface area contributed by atoms with E-state index in [0.717, 1.165) is 5.56 Å². The summed E-state index contributed by atoms with van der Waals surface area (Å²) in [4.78, 5) is 12.4. The maximum Gasteiger partial charge on any atom is 0.349 e. The number of fused-ring (bicyclic) bond motifs is 1. The van der Waals surface area contributed by atoms with Gasteiger partial charge in [0.15, 0.2) is 6.61 Å². The van der Waals surface area contributed by atoms with Crippen LogP contribution in [-0.4, -0.2) is 12.6 Å². The lowest BCUT2D eigenvalue weighted by molar-refractivity contribution is -0.136. The molecular formula is C28H24Cl2N2O4. The van der Waals surface area contributed by atoms with Crippen LogP contribution in [0.15, 0.2) is 72.1 Å². The van der Waals surface area contributed by atoms with Crippen molar-refractivity contribution in [3.05, 3.63) is 98.9 Å². The van der Waals surface area contributed by atoms with Crippen molar-refractivity contribution >= 4 is 29.2 Å². The van der Waals surface area contributed by atoms with Gasteiger partial charge in [-0.25, -0.2) is 4.79 Å². The van der Waals surface area contributed by atoms with Crippen molar-refractivity contribution in [3.8, 4) is 23.3 Å². The Bertz CT molecular complexity index is 1390. The molecule has 1 aliphatic rings. The Morgan fingerprint density at radius 3 is 2.33 bits per heavy atom. The van der Waals surface area contributed by atoms with Crippen molar-refractivity contribution in [3.63, 3.8) is 0 Å². The van der Waals surface area contributed by atoms with Gasteiger partial charge in [0, 0.05) is 21.7 Å². The molecule has 1 aliphatic heterocycles. The fourth-order valence-electron chi connectivity index (χ4n) is 3.91. The first kappa shape index (κ1) is 25.4. The lowest BCUT2D eigenvalue weighted by atomic mass is 9.83. The standard InChI is InChI=1S/C28H24Cl2N2O4/c1-28(2,3)16-4-7-18(8-5-16)34-15-25(33)35-19-9-11-21-24(13-19)36-27(32)22(14-31)26(21)20-10-6-17(29)12-23(20)30/h4-13,26H,15,32H2,1-3H3. The number of hydrogen-bond acceptors (Lipinski definition) is 6. The number of halogens is 2. The van der Waals surface area contributed by atoms with E-state index in [0.29, 0.717) is 32.7 Å². The maximum absolute atomic E-state index is 12.4. The second-order valence-corrected chi connectivity index (χ2v) is 10.2. The highest BCUT2D eigenvalue weighted by Crippen LogP contribution is 2.45. The molecule has 8 heteroatoms. The van der Waals surface area contributed by atoms with Crippen LogP contribution in [0.25, 0.3) is 0 Å². The van der Waals surface area contributed by atoms with Crippen LogP contribution >= 0.6 is 23.2 Å². The van der Waals surface area contributed by atoms with Crippen molar-refractivity contribution < 1.29 is 19.0 Å². The van der Waals surface area contributed by atoms with E-state index in [1.54, 1.807) is 36.4 Å². The average Bonchev–Trinajstić information content (AvgIpc) is 2.82. The molecule has 0 saturated heterocycles. The van der Waals surface area contributed by atoms with Crippen molar-refractivity contribution in [2.75, 3.05) is 6.61 Å². The van der Waals surface area contributed by atoms with Gasteiger partial charge in [-0.15, -0.1) is 0 Å². The third-order valence-electron chi connectivity index (χ3n) is 5.77. The number of nitrogens with two attached hydrogens (primary N) is 1. The predicted octanol–water partition coefficient (Wildman–Crippen LogP) is 6.49. The summed E-state index contributed by atoms with van der Waals surface area (Å²) in [5, 5.41) is 10.6. The van der Waals surface area contributed by atoms with Crippen molar-refractivity contribution in [2.45, 2.75) is 32.1 Å². The Labute approximate surface area is 219 Å². The number of esters is 1. The van der Waals surface area contributed by atoms with Crippen LogP contribution in [-0.2, 0) is 10.2 Å². The van der Waals surface area contributed by atoms with Crippen LogP contribution < -0.4 is 19.9 Å². The van der Waals surface area contributed by atoms with Gasteiger partial charge in [-0.2, -0.15) is 5.26 Å². The van der Waals surface area contributed by atoms with Gasteiger partial charge in [-0.1, -0.05) is 68.2 Å². The summed E-state index contributed by atoms with van der Waals surface area (Å²) in [6.07, 6.45) is 0. The molecule has 0 saturated carbocycles. The largest absolute Gasteiger partial charge is 0.482 e. The molecule has 3 aromatic rings. The van der Waals surface area contributed by atoms with Gasteiger partial charge in [-0.05, 0) is 46.9 Å². The number of benzene rings is 3. The fraction of sp³-hybridized carbons (Fsp3) is 0.214. The normalized spacial score (nSPS) is 14.9. The molecule has 1 unspecified atom stereocenters. The highest BCUT2D eigenvalue weighted by Gasteiger charge is 2.32. The van der Waals surface area contributed by atoms with Gasteiger partial charge in [0.25, 0.3) is 0 Å². The number of nitrogens with zero attached hydrogens (tertiary/aromatic N) is 1. The summed E-state index contributed by atoms with van der Waals surface area (Å²) in [6.45, 7) is 6.11. The van der Waals surface area contributed by atoms with E-state index < -0.39 is 11.9 Å². The highest BCUT2D eigenvalue weighted by molar-refractivity contribution is 6.35. The third kappa shape index (κ3) is 5.43. The van der Waals surface area contributed by atoms with Gasteiger partial charge in [0.2, 0.25) is 5.88 Å². The van der Waals surface area contributed by atoms with E-state index in [2.05, 4.69) is 26.8 Å². The van der Waals surface area contributed by atoms with Gasteiger partial charge in [-0.3, -0.25) is 0 Å². The topological polar surface area (TPSA) is 94.6 Å². The molecule has 184 valence electrons. The summed E-state index contributed by atoms with van der Waals surface area (Å²) in [7, 11) is 0. The molecule has 0 aliphatic carbocycles. The van der Waals surface area contributed by atoms with Crippen molar-refractivity contribution in [1.29, 1.82) is 5.26 Å².